The first-order valence-corrected chi connectivity index (χ1v) is 7.80. The fourth-order valence-electron chi connectivity index (χ4n) is 2.22. The molecule has 2 rings (SSSR count). The number of ether oxygens (including phenoxy) is 1. The van der Waals surface area contributed by atoms with E-state index in [1.165, 1.54) is 4.88 Å². The number of aryl methyl sites for hydroxylation is 2. The van der Waals surface area contributed by atoms with Crippen molar-refractivity contribution in [2.75, 3.05) is 11.9 Å². The second kappa shape index (κ2) is 6.72. The van der Waals surface area contributed by atoms with E-state index >= 15 is 0 Å². The number of rotatable bonds is 5. The van der Waals surface area contributed by atoms with Gasteiger partial charge in [-0.25, -0.2) is 9.78 Å². The van der Waals surface area contributed by atoms with Crippen LogP contribution in [0.15, 0.2) is 24.3 Å². The molecule has 0 spiro atoms. The van der Waals surface area contributed by atoms with E-state index in [0.29, 0.717) is 12.2 Å². The Morgan fingerprint density at radius 2 is 2.19 bits per heavy atom. The van der Waals surface area contributed by atoms with Crippen molar-refractivity contribution in [3.63, 3.8) is 0 Å². The van der Waals surface area contributed by atoms with Crippen LogP contribution in [0, 0.1) is 13.8 Å². The molecule has 0 saturated carbocycles. The molecule has 112 valence electrons. The molecule has 0 aliphatic heterocycles. The molecule has 1 heterocycles. The molecule has 1 N–H and O–H groups in total. The van der Waals surface area contributed by atoms with Crippen LogP contribution in [-0.4, -0.2) is 17.6 Å². The summed E-state index contributed by atoms with van der Waals surface area (Å²) in [5.41, 5.74) is 2.50. The van der Waals surface area contributed by atoms with E-state index in [-0.39, 0.29) is 12.0 Å². The van der Waals surface area contributed by atoms with Crippen LogP contribution in [0.5, 0.6) is 0 Å². The maximum Gasteiger partial charge on any atom is 0.338 e. The molecule has 2 aromatic rings. The first kappa shape index (κ1) is 15.5. The molecule has 0 aliphatic carbocycles. The fraction of sp³-hybridized carbons (Fsp3) is 0.375. The quantitative estimate of drug-likeness (QED) is 0.845. The molecule has 5 heteroatoms. The summed E-state index contributed by atoms with van der Waals surface area (Å²) in [4.78, 5) is 17.5. The van der Waals surface area contributed by atoms with Crippen molar-refractivity contribution >= 4 is 23.0 Å². The Kier molecular flexibility index (Phi) is 4.96. The topological polar surface area (TPSA) is 51.2 Å². The molecule has 1 aromatic carbocycles. The summed E-state index contributed by atoms with van der Waals surface area (Å²) in [5, 5.41) is 4.45. The van der Waals surface area contributed by atoms with Crippen LogP contribution >= 0.6 is 11.3 Å². The molecular weight excluding hydrogens is 284 g/mol. The Morgan fingerprint density at radius 1 is 1.43 bits per heavy atom. The average molecular weight is 304 g/mol. The van der Waals surface area contributed by atoms with E-state index in [0.717, 1.165) is 16.4 Å². The summed E-state index contributed by atoms with van der Waals surface area (Å²) in [5.74, 6) is -0.297. The molecule has 0 amide bonds. The highest BCUT2D eigenvalue weighted by Crippen LogP contribution is 2.25. The van der Waals surface area contributed by atoms with Crippen LogP contribution in [0.4, 0.5) is 5.69 Å². The van der Waals surface area contributed by atoms with E-state index in [2.05, 4.69) is 24.1 Å². The van der Waals surface area contributed by atoms with Crippen molar-refractivity contribution in [3.05, 3.63) is 45.4 Å². The molecule has 0 aliphatic rings. The Morgan fingerprint density at radius 3 is 2.81 bits per heavy atom. The van der Waals surface area contributed by atoms with Gasteiger partial charge in [0.1, 0.15) is 0 Å². The number of aromatic nitrogens is 1. The van der Waals surface area contributed by atoms with Gasteiger partial charge in [0.25, 0.3) is 0 Å². The minimum atomic E-state index is -0.297. The van der Waals surface area contributed by atoms with E-state index in [1.807, 2.05) is 25.1 Å². The van der Waals surface area contributed by atoms with Gasteiger partial charge < -0.3 is 10.1 Å². The van der Waals surface area contributed by atoms with Crippen molar-refractivity contribution < 1.29 is 9.53 Å². The van der Waals surface area contributed by atoms with Crippen LogP contribution in [0.1, 0.15) is 45.8 Å². The second-order valence-electron chi connectivity index (χ2n) is 4.84. The minimum absolute atomic E-state index is 0.0902. The van der Waals surface area contributed by atoms with Gasteiger partial charge in [0.2, 0.25) is 0 Å². The van der Waals surface area contributed by atoms with Crippen molar-refractivity contribution in [2.24, 2.45) is 0 Å². The van der Waals surface area contributed by atoms with Crippen LogP contribution in [0.25, 0.3) is 0 Å². The van der Waals surface area contributed by atoms with Crippen LogP contribution in [-0.2, 0) is 4.74 Å². The third-order valence-electron chi connectivity index (χ3n) is 3.11. The predicted octanol–water partition coefficient (Wildman–Crippen LogP) is 4.11. The number of nitrogens with zero attached hydrogens (tertiary/aromatic N) is 1. The van der Waals surface area contributed by atoms with Gasteiger partial charge in [0.05, 0.1) is 28.9 Å². The van der Waals surface area contributed by atoms with Gasteiger partial charge >= 0.3 is 5.97 Å². The van der Waals surface area contributed by atoms with E-state index < -0.39 is 0 Å². The second-order valence-corrected chi connectivity index (χ2v) is 6.25. The number of hydrogen-bond acceptors (Lipinski definition) is 5. The first-order valence-electron chi connectivity index (χ1n) is 6.99. The van der Waals surface area contributed by atoms with Crippen LogP contribution in [0.2, 0.25) is 0 Å². The molecule has 0 radical (unpaired) electrons. The molecule has 0 saturated heterocycles. The van der Waals surface area contributed by atoms with Gasteiger partial charge in [-0.2, -0.15) is 0 Å². The smallest absolute Gasteiger partial charge is 0.338 e. The number of nitrogens with one attached hydrogen (secondary N) is 1. The van der Waals surface area contributed by atoms with Gasteiger partial charge in [-0.15, -0.1) is 11.3 Å². The SMILES string of the molecule is CCOC(=O)c1cccc(NC(C)c2nc(C)sc2C)c1. The van der Waals surface area contributed by atoms with Gasteiger partial charge in [-0.3, -0.25) is 0 Å². The maximum absolute atomic E-state index is 11.7. The van der Waals surface area contributed by atoms with Crippen molar-refractivity contribution in [1.29, 1.82) is 0 Å². The van der Waals surface area contributed by atoms with Gasteiger partial charge in [-0.1, -0.05) is 6.07 Å². The highest BCUT2D eigenvalue weighted by Gasteiger charge is 2.14. The van der Waals surface area contributed by atoms with E-state index in [1.54, 1.807) is 24.3 Å². The van der Waals surface area contributed by atoms with Crippen molar-refractivity contribution in [3.8, 4) is 0 Å². The van der Waals surface area contributed by atoms with E-state index in [9.17, 15) is 4.79 Å². The Balaban J connectivity index is 2.14. The lowest BCUT2D eigenvalue weighted by Gasteiger charge is -2.15. The predicted molar refractivity (Wildman–Crippen MR) is 86.0 cm³/mol. The maximum atomic E-state index is 11.7. The van der Waals surface area contributed by atoms with Gasteiger partial charge in [0, 0.05) is 10.6 Å². The highest BCUT2D eigenvalue weighted by molar-refractivity contribution is 7.11. The van der Waals surface area contributed by atoms with Crippen molar-refractivity contribution in [2.45, 2.75) is 33.7 Å². The van der Waals surface area contributed by atoms with Crippen LogP contribution in [0.3, 0.4) is 0 Å². The standard InChI is InChI=1S/C16H20N2O2S/c1-5-20-16(19)13-7-6-8-14(9-13)17-10(2)15-11(3)21-12(4)18-15/h6-10,17H,5H2,1-4H3. The number of benzene rings is 1. The van der Waals surface area contributed by atoms with Gasteiger partial charge in [0.15, 0.2) is 0 Å². The van der Waals surface area contributed by atoms with Crippen LogP contribution < -0.4 is 5.32 Å². The summed E-state index contributed by atoms with van der Waals surface area (Å²) in [6.07, 6.45) is 0. The lowest BCUT2D eigenvalue weighted by atomic mass is 10.1. The minimum Gasteiger partial charge on any atom is -0.462 e. The van der Waals surface area contributed by atoms with E-state index in [4.69, 9.17) is 4.74 Å². The number of anilines is 1. The number of carbonyl (C=O) groups excluding carboxylic acids is 1. The number of thiazole rings is 1. The Bertz CT molecular complexity index is 637. The molecule has 0 fully saturated rings. The molecule has 1 unspecified atom stereocenters. The highest BCUT2D eigenvalue weighted by atomic mass is 32.1. The largest absolute Gasteiger partial charge is 0.462 e. The summed E-state index contributed by atoms with van der Waals surface area (Å²) >= 11 is 1.70. The molecular formula is C16H20N2O2S. The Labute approximate surface area is 129 Å². The third-order valence-corrected chi connectivity index (χ3v) is 4.01. The molecule has 1 aromatic heterocycles. The van der Waals surface area contributed by atoms with Crippen molar-refractivity contribution in [1.82, 2.24) is 4.98 Å². The summed E-state index contributed by atoms with van der Waals surface area (Å²) in [7, 11) is 0. The lowest BCUT2D eigenvalue weighted by Crippen LogP contribution is -2.10. The number of hydrogen-bond donors (Lipinski definition) is 1. The number of carbonyl (C=O) groups is 1. The zero-order chi connectivity index (χ0) is 15.4. The monoisotopic (exact) mass is 304 g/mol. The number of esters is 1. The fourth-order valence-corrected chi connectivity index (χ4v) is 3.13. The average Bonchev–Trinajstić information content (AvgIpc) is 2.78. The van der Waals surface area contributed by atoms with Gasteiger partial charge in [-0.05, 0) is 45.9 Å². The first-order chi connectivity index (χ1) is 10.0. The third kappa shape index (κ3) is 3.82. The summed E-state index contributed by atoms with van der Waals surface area (Å²) < 4.78 is 5.02. The summed E-state index contributed by atoms with van der Waals surface area (Å²) in [6.45, 7) is 8.33. The zero-order valence-electron chi connectivity index (χ0n) is 12.8. The Hall–Kier alpha value is -1.88. The molecule has 0 bridgehead atoms. The normalized spacial score (nSPS) is 12.0. The summed E-state index contributed by atoms with van der Waals surface area (Å²) in [6, 6.07) is 7.44. The molecule has 21 heavy (non-hydrogen) atoms. The molecule has 1 atom stereocenters. The molecule has 4 nitrogen and oxygen atoms in total. The lowest BCUT2D eigenvalue weighted by molar-refractivity contribution is 0.0526. The zero-order valence-corrected chi connectivity index (χ0v) is 13.6.